The summed E-state index contributed by atoms with van der Waals surface area (Å²) < 4.78 is 0. The molecule has 114 valence electrons. The third kappa shape index (κ3) is 1.80. The zero-order chi connectivity index (χ0) is 14.8. The Kier molecular flexibility index (Phi) is 2.89. The SMILES string of the molecule is C[C@]12CC[C@@H]3c4ccc(O)cc4CC[C@H]3[C@@H]1[C@H](O)C[C@@H]2O. The van der Waals surface area contributed by atoms with Crippen LogP contribution in [0.15, 0.2) is 18.2 Å². The van der Waals surface area contributed by atoms with Crippen LogP contribution in [-0.2, 0) is 6.42 Å². The minimum atomic E-state index is -0.364. The first-order valence-corrected chi connectivity index (χ1v) is 8.18. The van der Waals surface area contributed by atoms with Crippen LogP contribution in [0.2, 0.25) is 0 Å². The first kappa shape index (κ1) is 13.6. The summed E-state index contributed by atoms with van der Waals surface area (Å²) in [5, 5.41) is 30.6. The Morgan fingerprint density at radius 2 is 2.00 bits per heavy atom. The van der Waals surface area contributed by atoms with Crippen molar-refractivity contribution in [3.8, 4) is 5.75 Å². The maximum Gasteiger partial charge on any atom is 0.115 e. The number of hydrogen-bond donors (Lipinski definition) is 3. The fraction of sp³-hybridized carbons (Fsp3) is 0.667. The van der Waals surface area contributed by atoms with Crippen LogP contribution in [0.5, 0.6) is 5.75 Å². The third-order valence-corrected chi connectivity index (χ3v) is 6.65. The Morgan fingerprint density at radius 1 is 1.19 bits per heavy atom. The van der Waals surface area contributed by atoms with Gasteiger partial charge in [-0.05, 0) is 72.1 Å². The monoisotopic (exact) mass is 288 g/mol. The molecule has 2 saturated carbocycles. The predicted molar refractivity (Wildman–Crippen MR) is 80.1 cm³/mol. The van der Waals surface area contributed by atoms with Gasteiger partial charge in [0, 0.05) is 6.42 Å². The molecule has 0 amide bonds. The second-order valence-electron chi connectivity index (χ2n) is 7.58. The average molecular weight is 288 g/mol. The van der Waals surface area contributed by atoms with E-state index in [1.54, 1.807) is 6.07 Å². The highest BCUT2D eigenvalue weighted by atomic mass is 16.3. The number of aliphatic hydroxyl groups is 2. The molecule has 0 heterocycles. The van der Waals surface area contributed by atoms with Crippen molar-refractivity contribution in [1.29, 1.82) is 0 Å². The zero-order valence-electron chi connectivity index (χ0n) is 12.5. The normalized spacial score (nSPS) is 44.8. The van der Waals surface area contributed by atoms with Gasteiger partial charge in [0.05, 0.1) is 12.2 Å². The highest BCUT2D eigenvalue weighted by molar-refractivity contribution is 5.40. The van der Waals surface area contributed by atoms with Crippen LogP contribution in [0, 0.1) is 17.3 Å². The number of benzene rings is 1. The Hall–Kier alpha value is -1.06. The summed E-state index contributed by atoms with van der Waals surface area (Å²) in [6.45, 7) is 2.17. The Bertz CT molecular complexity index is 570. The van der Waals surface area contributed by atoms with Crippen LogP contribution in [0.1, 0.15) is 49.7 Å². The summed E-state index contributed by atoms with van der Waals surface area (Å²) in [7, 11) is 0. The van der Waals surface area contributed by atoms with Crippen molar-refractivity contribution < 1.29 is 15.3 Å². The Balaban J connectivity index is 1.73. The second kappa shape index (κ2) is 4.47. The molecule has 0 spiro atoms. The molecule has 4 rings (SSSR count). The van der Waals surface area contributed by atoms with Gasteiger partial charge in [0.2, 0.25) is 0 Å². The number of aromatic hydroxyl groups is 1. The minimum absolute atomic E-state index is 0.116. The first-order valence-electron chi connectivity index (χ1n) is 8.18. The molecular weight excluding hydrogens is 264 g/mol. The second-order valence-corrected chi connectivity index (χ2v) is 7.58. The van der Waals surface area contributed by atoms with Gasteiger partial charge in [-0.1, -0.05) is 13.0 Å². The van der Waals surface area contributed by atoms with E-state index in [9.17, 15) is 15.3 Å². The van der Waals surface area contributed by atoms with E-state index in [4.69, 9.17) is 0 Å². The number of aliphatic hydroxyl groups excluding tert-OH is 2. The van der Waals surface area contributed by atoms with E-state index in [0.717, 1.165) is 25.7 Å². The average Bonchev–Trinajstić information content (AvgIpc) is 2.68. The summed E-state index contributed by atoms with van der Waals surface area (Å²) in [5.41, 5.74) is 2.52. The maximum absolute atomic E-state index is 10.5. The zero-order valence-corrected chi connectivity index (χ0v) is 12.5. The van der Waals surface area contributed by atoms with Crippen LogP contribution in [0.3, 0.4) is 0 Å². The minimum Gasteiger partial charge on any atom is -0.508 e. The molecule has 2 fully saturated rings. The molecule has 3 nitrogen and oxygen atoms in total. The largest absolute Gasteiger partial charge is 0.508 e. The van der Waals surface area contributed by atoms with E-state index in [2.05, 4.69) is 13.0 Å². The summed E-state index contributed by atoms with van der Waals surface area (Å²) in [4.78, 5) is 0. The highest BCUT2D eigenvalue weighted by Gasteiger charge is 2.58. The molecule has 1 aromatic carbocycles. The number of aryl methyl sites for hydroxylation is 1. The van der Waals surface area contributed by atoms with Gasteiger partial charge in [0.25, 0.3) is 0 Å². The fourth-order valence-electron chi connectivity index (χ4n) is 5.60. The number of hydrogen-bond acceptors (Lipinski definition) is 3. The van der Waals surface area contributed by atoms with Gasteiger partial charge in [-0.2, -0.15) is 0 Å². The molecule has 6 atom stereocenters. The molecule has 0 saturated heterocycles. The quantitative estimate of drug-likeness (QED) is 0.687. The van der Waals surface area contributed by atoms with E-state index in [1.807, 2.05) is 6.07 Å². The lowest BCUT2D eigenvalue weighted by Gasteiger charge is -2.50. The molecule has 3 N–H and O–H groups in total. The molecule has 0 unspecified atom stereocenters. The molecule has 0 aliphatic heterocycles. The number of fused-ring (bicyclic) bond motifs is 5. The predicted octanol–water partition coefficient (Wildman–Crippen LogP) is 2.58. The van der Waals surface area contributed by atoms with Gasteiger partial charge in [-0.3, -0.25) is 0 Å². The van der Waals surface area contributed by atoms with E-state index in [0.29, 0.717) is 24.0 Å². The van der Waals surface area contributed by atoms with E-state index < -0.39 is 0 Å². The summed E-state index contributed by atoms with van der Waals surface area (Å²) in [6, 6.07) is 5.76. The van der Waals surface area contributed by atoms with Crippen molar-refractivity contribution in [2.45, 2.75) is 57.2 Å². The smallest absolute Gasteiger partial charge is 0.115 e. The van der Waals surface area contributed by atoms with Gasteiger partial charge >= 0.3 is 0 Å². The van der Waals surface area contributed by atoms with Crippen molar-refractivity contribution in [1.82, 2.24) is 0 Å². The van der Waals surface area contributed by atoms with Crippen LogP contribution < -0.4 is 0 Å². The maximum atomic E-state index is 10.5. The highest BCUT2D eigenvalue weighted by Crippen LogP contribution is 2.60. The van der Waals surface area contributed by atoms with Gasteiger partial charge in [-0.25, -0.2) is 0 Å². The third-order valence-electron chi connectivity index (χ3n) is 6.65. The van der Waals surface area contributed by atoms with Crippen molar-refractivity contribution in [2.24, 2.45) is 17.3 Å². The van der Waals surface area contributed by atoms with Crippen LogP contribution >= 0.6 is 0 Å². The van der Waals surface area contributed by atoms with Crippen LogP contribution in [0.25, 0.3) is 0 Å². The van der Waals surface area contributed by atoms with Gasteiger partial charge in [0.1, 0.15) is 5.75 Å². The number of rotatable bonds is 0. The summed E-state index contributed by atoms with van der Waals surface area (Å²) in [5.74, 6) is 1.51. The molecule has 3 aliphatic rings. The van der Waals surface area contributed by atoms with Crippen LogP contribution in [-0.4, -0.2) is 27.5 Å². The molecule has 21 heavy (non-hydrogen) atoms. The molecule has 0 radical (unpaired) electrons. The lowest BCUT2D eigenvalue weighted by atomic mass is 9.55. The number of phenolic OH excluding ortho intramolecular Hbond substituents is 1. The Labute approximate surface area is 125 Å². The van der Waals surface area contributed by atoms with Crippen LogP contribution in [0.4, 0.5) is 0 Å². The summed E-state index contributed by atoms with van der Waals surface area (Å²) >= 11 is 0. The van der Waals surface area contributed by atoms with Gasteiger partial charge in [-0.15, -0.1) is 0 Å². The fourth-order valence-corrected chi connectivity index (χ4v) is 5.60. The van der Waals surface area contributed by atoms with Crippen molar-refractivity contribution in [3.63, 3.8) is 0 Å². The van der Waals surface area contributed by atoms with E-state index >= 15 is 0 Å². The molecule has 0 bridgehead atoms. The van der Waals surface area contributed by atoms with E-state index in [-0.39, 0.29) is 23.5 Å². The lowest BCUT2D eigenvalue weighted by Crippen LogP contribution is -2.46. The Morgan fingerprint density at radius 3 is 2.81 bits per heavy atom. The van der Waals surface area contributed by atoms with Gasteiger partial charge in [0.15, 0.2) is 0 Å². The molecule has 3 aliphatic carbocycles. The molecule has 1 aromatic rings. The standard InChI is InChI=1S/C18H24O3/c1-18-7-6-13-12-5-3-11(19)8-10(12)2-4-14(13)17(18)15(20)9-16(18)21/h3,5,8,13-17,19-21H,2,4,6-7,9H2,1H3/t13-,14-,15-,16+,17-,18-/m1/s1. The van der Waals surface area contributed by atoms with E-state index in [1.165, 1.54) is 11.1 Å². The van der Waals surface area contributed by atoms with Crippen molar-refractivity contribution in [2.75, 3.05) is 0 Å². The molecular formula is C18H24O3. The molecule has 0 aromatic heterocycles. The van der Waals surface area contributed by atoms with Gasteiger partial charge < -0.3 is 15.3 Å². The topological polar surface area (TPSA) is 60.7 Å². The summed E-state index contributed by atoms with van der Waals surface area (Å²) in [6.07, 6.45) is 3.91. The van der Waals surface area contributed by atoms with Crippen molar-refractivity contribution >= 4 is 0 Å². The first-order chi connectivity index (χ1) is 10.0. The number of phenols is 1. The lowest BCUT2D eigenvalue weighted by molar-refractivity contribution is -0.0440. The molecule has 3 heteroatoms. The van der Waals surface area contributed by atoms with Crippen molar-refractivity contribution in [3.05, 3.63) is 29.3 Å².